The molecule has 5 rings (SSSR count). The number of methoxy groups -OCH3 is 1. The smallest absolute Gasteiger partial charge is 0.340 e. The van der Waals surface area contributed by atoms with Gasteiger partial charge in [-0.1, -0.05) is 36.4 Å². The van der Waals surface area contributed by atoms with Crippen molar-refractivity contribution in [1.29, 1.82) is 0 Å². The molecule has 2 heterocycles. The van der Waals surface area contributed by atoms with Crippen molar-refractivity contribution in [3.63, 3.8) is 0 Å². The number of benzene rings is 2. The maximum atomic E-state index is 13.5. The number of esters is 1. The fourth-order valence-electron chi connectivity index (χ4n) is 4.69. The van der Waals surface area contributed by atoms with Crippen molar-refractivity contribution in [2.24, 2.45) is 0 Å². The molecule has 2 aromatic rings. The Balaban J connectivity index is 1.77. The zero-order chi connectivity index (χ0) is 22.4. The largest absolute Gasteiger partial charge is 0.465 e. The lowest BCUT2D eigenvalue weighted by Gasteiger charge is -2.32. The van der Waals surface area contributed by atoms with Gasteiger partial charge < -0.3 is 14.4 Å². The Hall–Kier alpha value is -3.94. The molecule has 162 valence electrons. The molecule has 32 heavy (non-hydrogen) atoms. The van der Waals surface area contributed by atoms with Gasteiger partial charge in [-0.05, 0) is 18.4 Å². The third-order valence-electron chi connectivity index (χ3n) is 6.13. The number of nitro groups is 1. The number of nitrogens with zero attached hydrogens (tertiary/aromatic N) is 2. The first-order valence-corrected chi connectivity index (χ1v) is 10.4. The second-order valence-electron chi connectivity index (χ2n) is 7.91. The number of likely N-dealkylation sites (tertiary alicyclic amines) is 1. The van der Waals surface area contributed by atoms with Crippen molar-refractivity contribution in [2.75, 3.05) is 20.2 Å². The Morgan fingerprint density at radius 2 is 1.84 bits per heavy atom. The lowest BCUT2D eigenvalue weighted by Crippen LogP contribution is -2.31. The number of ketones is 1. The first-order valence-electron chi connectivity index (χ1n) is 10.4. The number of nitro benzene ring substituents is 1. The van der Waals surface area contributed by atoms with Gasteiger partial charge in [-0.25, -0.2) is 4.79 Å². The molecule has 0 amide bonds. The van der Waals surface area contributed by atoms with Crippen LogP contribution in [-0.2, 0) is 14.3 Å². The summed E-state index contributed by atoms with van der Waals surface area (Å²) in [4.78, 5) is 39.4. The van der Waals surface area contributed by atoms with Crippen LogP contribution in [0.2, 0.25) is 0 Å². The van der Waals surface area contributed by atoms with Crippen LogP contribution < -0.4 is 0 Å². The van der Waals surface area contributed by atoms with Gasteiger partial charge in [-0.3, -0.25) is 14.9 Å². The van der Waals surface area contributed by atoms with Gasteiger partial charge in [0, 0.05) is 36.3 Å². The Kier molecular flexibility index (Phi) is 4.77. The summed E-state index contributed by atoms with van der Waals surface area (Å²) in [6, 6.07) is 13.2. The normalized spacial score (nSPS) is 19.6. The molecule has 2 aromatic carbocycles. The van der Waals surface area contributed by atoms with Crippen molar-refractivity contribution >= 4 is 23.2 Å². The van der Waals surface area contributed by atoms with E-state index in [9.17, 15) is 19.7 Å². The molecule has 1 unspecified atom stereocenters. The monoisotopic (exact) mass is 432 g/mol. The van der Waals surface area contributed by atoms with Crippen LogP contribution in [0.15, 0.2) is 65.6 Å². The second-order valence-corrected chi connectivity index (χ2v) is 7.91. The second kappa shape index (κ2) is 7.64. The van der Waals surface area contributed by atoms with Gasteiger partial charge >= 0.3 is 5.97 Å². The summed E-state index contributed by atoms with van der Waals surface area (Å²) in [6.45, 7) is 1.41. The van der Waals surface area contributed by atoms with Crippen LogP contribution in [0.5, 0.6) is 0 Å². The Labute approximate surface area is 183 Å². The highest BCUT2D eigenvalue weighted by molar-refractivity contribution is 6.22. The van der Waals surface area contributed by atoms with Gasteiger partial charge in [0.15, 0.2) is 5.78 Å². The molecule has 0 N–H and O–H groups in total. The summed E-state index contributed by atoms with van der Waals surface area (Å²) >= 11 is 0. The van der Waals surface area contributed by atoms with Gasteiger partial charge in [0.1, 0.15) is 11.3 Å². The van der Waals surface area contributed by atoms with E-state index in [4.69, 9.17) is 9.47 Å². The fourth-order valence-corrected chi connectivity index (χ4v) is 4.69. The third-order valence-corrected chi connectivity index (χ3v) is 6.13. The highest BCUT2D eigenvalue weighted by Crippen LogP contribution is 2.50. The summed E-state index contributed by atoms with van der Waals surface area (Å²) in [7, 11) is 1.27. The number of ether oxygens (including phenoxy) is 2. The van der Waals surface area contributed by atoms with Gasteiger partial charge in [-0.2, -0.15) is 0 Å². The number of rotatable bonds is 4. The number of hydrogen-bond acceptors (Lipinski definition) is 7. The standard InChI is InChI=1S/C24H20N2O6/c1-31-24(28)20-18(14-7-6-8-15(13-14)26(29)30)19-21(27)16-9-2-3-10-17(16)22(19)32-23(20)25-11-4-5-12-25/h2-3,6-10,13,18H,4-5,11-12H2,1H3. The van der Waals surface area contributed by atoms with Gasteiger partial charge in [-0.15, -0.1) is 0 Å². The summed E-state index contributed by atoms with van der Waals surface area (Å²) in [5.41, 5.74) is 1.98. The summed E-state index contributed by atoms with van der Waals surface area (Å²) in [6.07, 6.45) is 1.90. The fraction of sp³-hybridized carbons (Fsp3) is 0.250. The van der Waals surface area contributed by atoms with Crippen molar-refractivity contribution in [3.8, 4) is 0 Å². The predicted octanol–water partition coefficient (Wildman–Crippen LogP) is 3.80. The maximum absolute atomic E-state index is 13.5. The highest BCUT2D eigenvalue weighted by Gasteiger charge is 2.47. The SMILES string of the molecule is COC(=O)C1=C(N2CCCC2)OC2=C(C(=O)c3ccccc32)C1c1cccc([N+](=O)[O-])c1. The van der Waals surface area contributed by atoms with E-state index in [0.717, 1.165) is 12.8 Å². The number of carbonyl (C=O) groups excluding carboxylic acids is 2. The summed E-state index contributed by atoms with van der Waals surface area (Å²) < 4.78 is 11.4. The van der Waals surface area contributed by atoms with Gasteiger partial charge in [0.25, 0.3) is 5.69 Å². The zero-order valence-electron chi connectivity index (χ0n) is 17.4. The first-order chi connectivity index (χ1) is 15.5. The molecule has 0 bridgehead atoms. The van der Waals surface area contributed by atoms with Crippen molar-refractivity contribution in [1.82, 2.24) is 4.90 Å². The average molecular weight is 432 g/mol. The molecule has 1 saturated heterocycles. The van der Waals surface area contributed by atoms with E-state index < -0.39 is 16.8 Å². The van der Waals surface area contributed by atoms with Crippen LogP contribution >= 0.6 is 0 Å². The molecular weight excluding hydrogens is 412 g/mol. The maximum Gasteiger partial charge on any atom is 0.340 e. The lowest BCUT2D eigenvalue weighted by molar-refractivity contribution is -0.384. The lowest BCUT2D eigenvalue weighted by atomic mass is 9.81. The number of fused-ring (bicyclic) bond motifs is 2. The van der Waals surface area contributed by atoms with E-state index in [0.29, 0.717) is 47.0 Å². The van der Waals surface area contributed by atoms with E-state index in [-0.39, 0.29) is 17.0 Å². The number of carbonyl (C=O) groups is 2. The average Bonchev–Trinajstić information content (AvgIpc) is 3.45. The van der Waals surface area contributed by atoms with Crippen molar-refractivity contribution < 1.29 is 24.0 Å². The molecule has 1 fully saturated rings. The van der Waals surface area contributed by atoms with E-state index in [2.05, 4.69) is 0 Å². The number of non-ortho nitro benzene ring substituents is 1. The van der Waals surface area contributed by atoms with E-state index >= 15 is 0 Å². The molecule has 1 atom stereocenters. The zero-order valence-corrected chi connectivity index (χ0v) is 17.4. The van der Waals surface area contributed by atoms with Crippen molar-refractivity contribution in [3.05, 3.63) is 92.4 Å². The van der Waals surface area contributed by atoms with E-state index in [1.807, 2.05) is 17.0 Å². The minimum Gasteiger partial charge on any atom is -0.465 e. The Bertz CT molecular complexity index is 1220. The van der Waals surface area contributed by atoms with Crippen LogP contribution in [0.1, 0.15) is 40.2 Å². The van der Waals surface area contributed by atoms with Crippen LogP contribution in [0, 0.1) is 10.1 Å². The van der Waals surface area contributed by atoms with Crippen LogP contribution in [0.4, 0.5) is 5.69 Å². The van der Waals surface area contributed by atoms with Crippen LogP contribution in [0.25, 0.3) is 5.76 Å². The molecule has 3 aliphatic rings. The van der Waals surface area contributed by atoms with Gasteiger partial charge in [0.2, 0.25) is 5.88 Å². The molecule has 1 aliphatic carbocycles. The molecule has 0 spiro atoms. The van der Waals surface area contributed by atoms with Crippen molar-refractivity contribution in [2.45, 2.75) is 18.8 Å². The minimum atomic E-state index is -0.846. The number of hydrogen-bond donors (Lipinski definition) is 0. The quantitative estimate of drug-likeness (QED) is 0.412. The Morgan fingerprint density at radius 3 is 2.53 bits per heavy atom. The summed E-state index contributed by atoms with van der Waals surface area (Å²) in [5, 5.41) is 11.4. The van der Waals surface area contributed by atoms with Crippen LogP contribution in [-0.4, -0.2) is 41.8 Å². The number of Topliss-reactive ketones (excluding diaryl/α,β-unsaturated/α-hetero) is 1. The molecular formula is C24H20N2O6. The molecule has 8 nitrogen and oxygen atoms in total. The highest BCUT2D eigenvalue weighted by atomic mass is 16.6. The Morgan fingerprint density at radius 1 is 1.12 bits per heavy atom. The molecule has 2 aliphatic heterocycles. The molecule has 0 aromatic heterocycles. The van der Waals surface area contributed by atoms with E-state index in [1.165, 1.54) is 19.2 Å². The molecule has 0 saturated carbocycles. The topological polar surface area (TPSA) is 99.0 Å². The predicted molar refractivity (Wildman–Crippen MR) is 114 cm³/mol. The number of allylic oxidation sites excluding steroid dienone is 1. The van der Waals surface area contributed by atoms with E-state index in [1.54, 1.807) is 24.3 Å². The third kappa shape index (κ3) is 2.98. The molecule has 8 heteroatoms. The van der Waals surface area contributed by atoms with Gasteiger partial charge in [0.05, 0.1) is 23.5 Å². The van der Waals surface area contributed by atoms with Crippen LogP contribution in [0.3, 0.4) is 0 Å². The minimum absolute atomic E-state index is 0.119. The summed E-state index contributed by atoms with van der Waals surface area (Å²) in [5.74, 6) is -0.972. The first kappa shape index (κ1) is 20.0. The molecule has 0 radical (unpaired) electrons.